The minimum atomic E-state index is -4.74. The Labute approximate surface area is 211 Å². The number of carbonyl (C=O) groups is 1. The van der Waals surface area contributed by atoms with Gasteiger partial charge in [-0.3, -0.25) is 14.8 Å². The van der Waals surface area contributed by atoms with Gasteiger partial charge in [-0.1, -0.05) is 24.3 Å². The highest BCUT2D eigenvalue weighted by Gasteiger charge is 2.49. The summed E-state index contributed by atoms with van der Waals surface area (Å²) >= 11 is 0. The third-order valence-electron chi connectivity index (χ3n) is 6.37. The van der Waals surface area contributed by atoms with Crippen LogP contribution in [0.25, 0.3) is 11.1 Å². The number of fused-ring (bicyclic) bond motifs is 1. The highest BCUT2D eigenvalue weighted by atomic mass is 19.4. The summed E-state index contributed by atoms with van der Waals surface area (Å²) in [6.07, 6.45) is -4.74. The van der Waals surface area contributed by atoms with Gasteiger partial charge in [0, 0.05) is 22.3 Å². The molecule has 0 aliphatic carbocycles. The maximum atomic E-state index is 15.3. The number of nitrogens with one attached hydrogen (secondary N) is 1. The van der Waals surface area contributed by atoms with E-state index in [2.05, 4.69) is 9.98 Å². The first-order valence-corrected chi connectivity index (χ1v) is 11.5. The number of ether oxygens (including phenoxy) is 1. The standard InChI is InChI=1S/C27H17F4N3O4/c28-19-10-9-15(37-14-5-2-1-3-6-14)11-17(19)23-21-18(25(35)34(23)13-27(29,30)31)12-32-22(21)16-7-4-8-20-24(16)38-26(36)33-20/h1-11,23H,12-13H2,(H,33,36). The molecule has 192 valence electrons. The lowest BCUT2D eigenvalue weighted by Crippen LogP contribution is -2.39. The summed E-state index contributed by atoms with van der Waals surface area (Å²) in [7, 11) is 0. The Morgan fingerprint density at radius 2 is 1.82 bits per heavy atom. The van der Waals surface area contributed by atoms with E-state index in [4.69, 9.17) is 9.15 Å². The highest BCUT2D eigenvalue weighted by molar-refractivity contribution is 6.25. The fourth-order valence-electron chi connectivity index (χ4n) is 4.88. The van der Waals surface area contributed by atoms with Crippen molar-refractivity contribution in [2.45, 2.75) is 12.2 Å². The summed E-state index contributed by atoms with van der Waals surface area (Å²) in [5.74, 6) is -1.82. The van der Waals surface area contributed by atoms with Crippen molar-refractivity contribution >= 4 is 22.7 Å². The number of amides is 1. The van der Waals surface area contributed by atoms with Gasteiger partial charge in [-0.15, -0.1) is 0 Å². The van der Waals surface area contributed by atoms with Crippen LogP contribution in [0.2, 0.25) is 0 Å². The summed E-state index contributed by atoms with van der Waals surface area (Å²) in [5.41, 5.74) is 0.913. The molecule has 0 saturated heterocycles. The smallest absolute Gasteiger partial charge is 0.417 e. The second-order valence-electron chi connectivity index (χ2n) is 8.80. The molecule has 1 atom stereocenters. The molecule has 7 nitrogen and oxygen atoms in total. The van der Waals surface area contributed by atoms with Gasteiger partial charge >= 0.3 is 11.9 Å². The molecule has 0 saturated carbocycles. The average Bonchev–Trinajstić information content (AvgIpc) is 3.54. The molecule has 1 unspecified atom stereocenters. The molecule has 3 heterocycles. The number of nitrogens with zero attached hydrogens (tertiary/aromatic N) is 2. The number of aromatic nitrogens is 1. The molecule has 1 amide bonds. The molecule has 2 aliphatic heterocycles. The molecule has 2 aliphatic rings. The molecule has 0 bridgehead atoms. The third-order valence-corrected chi connectivity index (χ3v) is 6.37. The van der Waals surface area contributed by atoms with Gasteiger partial charge in [0.25, 0.3) is 5.91 Å². The number of aromatic amines is 1. The number of aliphatic imine (C=N–C) groups is 1. The Morgan fingerprint density at radius 1 is 1.03 bits per heavy atom. The second-order valence-corrected chi connectivity index (χ2v) is 8.80. The predicted molar refractivity (Wildman–Crippen MR) is 129 cm³/mol. The Bertz CT molecular complexity index is 1700. The van der Waals surface area contributed by atoms with Crippen LogP contribution in [0.15, 0.2) is 92.1 Å². The van der Waals surface area contributed by atoms with E-state index in [0.717, 1.165) is 6.07 Å². The van der Waals surface area contributed by atoms with Gasteiger partial charge < -0.3 is 14.1 Å². The van der Waals surface area contributed by atoms with Gasteiger partial charge in [0.1, 0.15) is 23.9 Å². The van der Waals surface area contributed by atoms with Gasteiger partial charge in [0.15, 0.2) is 5.58 Å². The normalized spacial score (nSPS) is 17.4. The topological polar surface area (TPSA) is 87.9 Å². The van der Waals surface area contributed by atoms with Crippen LogP contribution in [-0.4, -0.2) is 40.8 Å². The van der Waals surface area contributed by atoms with Crippen LogP contribution >= 0.6 is 0 Å². The van der Waals surface area contributed by atoms with E-state index in [1.165, 1.54) is 12.1 Å². The first-order valence-electron chi connectivity index (χ1n) is 11.5. The van der Waals surface area contributed by atoms with E-state index < -0.39 is 36.2 Å². The van der Waals surface area contributed by atoms with Crippen LogP contribution in [0.5, 0.6) is 11.5 Å². The zero-order chi connectivity index (χ0) is 26.6. The average molecular weight is 523 g/mol. The molecule has 38 heavy (non-hydrogen) atoms. The monoisotopic (exact) mass is 523 g/mol. The van der Waals surface area contributed by atoms with E-state index in [1.807, 2.05) is 0 Å². The number of halogens is 4. The van der Waals surface area contributed by atoms with Crippen LogP contribution in [0.1, 0.15) is 17.2 Å². The lowest BCUT2D eigenvalue weighted by atomic mass is 9.91. The maximum Gasteiger partial charge on any atom is 0.417 e. The first-order chi connectivity index (χ1) is 18.2. The summed E-state index contributed by atoms with van der Waals surface area (Å²) in [5, 5.41) is 0. The zero-order valence-electron chi connectivity index (χ0n) is 19.4. The lowest BCUT2D eigenvalue weighted by Gasteiger charge is -2.29. The number of rotatable bonds is 5. The number of para-hydroxylation sites is 2. The van der Waals surface area contributed by atoms with E-state index in [9.17, 15) is 22.8 Å². The molecule has 11 heteroatoms. The highest BCUT2D eigenvalue weighted by Crippen LogP contribution is 2.46. The van der Waals surface area contributed by atoms with E-state index >= 15 is 4.39 Å². The van der Waals surface area contributed by atoms with Gasteiger partial charge in [-0.25, -0.2) is 9.18 Å². The molecule has 0 fully saturated rings. The van der Waals surface area contributed by atoms with Crippen molar-refractivity contribution in [3.63, 3.8) is 0 Å². The number of alkyl halides is 3. The van der Waals surface area contributed by atoms with Crippen LogP contribution in [-0.2, 0) is 4.79 Å². The first kappa shape index (κ1) is 23.7. The molecule has 0 radical (unpaired) electrons. The molecule has 1 aromatic heterocycles. The van der Waals surface area contributed by atoms with E-state index in [0.29, 0.717) is 21.7 Å². The van der Waals surface area contributed by atoms with Crippen LogP contribution < -0.4 is 10.5 Å². The second kappa shape index (κ2) is 8.72. The van der Waals surface area contributed by atoms with Crippen molar-refractivity contribution in [3.05, 3.63) is 105 Å². The number of hydrogen-bond acceptors (Lipinski definition) is 5. The Morgan fingerprint density at radius 3 is 2.58 bits per heavy atom. The van der Waals surface area contributed by atoms with Crippen LogP contribution in [0, 0.1) is 5.82 Å². The van der Waals surface area contributed by atoms with Crippen molar-refractivity contribution < 1.29 is 31.5 Å². The zero-order valence-corrected chi connectivity index (χ0v) is 19.4. The van der Waals surface area contributed by atoms with Crippen LogP contribution in [0.4, 0.5) is 17.6 Å². The van der Waals surface area contributed by atoms with Gasteiger partial charge in [0.2, 0.25) is 0 Å². The van der Waals surface area contributed by atoms with Crippen molar-refractivity contribution in [3.8, 4) is 11.5 Å². The molecule has 6 rings (SSSR count). The molecule has 1 N–H and O–H groups in total. The molecule has 3 aromatic carbocycles. The number of hydrogen-bond donors (Lipinski definition) is 1. The molecular weight excluding hydrogens is 506 g/mol. The Balaban J connectivity index is 1.49. The summed E-state index contributed by atoms with van der Waals surface area (Å²) < 4.78 is 67.3. The Kier molecular flexibility index (Phi) is 5.44. The maximum absolute atomic E-state index is 15.3. The summed E-state index contributed by atoms with van der Waals surface area (Å²) in [4.78, 5) is 32.6. The van der Waals surface area contributed by atoms with Crippen LogP contribution in [0.3, 0.4) is 0 Å². The van der Waals surface area contributed by atoms with E-state index in [-0.39, 0.29) is 40.3 Å². The van der Waals surface area contributed by atoms with E-state index in [1.54, 1.807) is 48.5 Å². The molecule has 4 aromatic rings. The largest absolute Gasteiger partial charge is 0.457 e. The lowest BCUT2D eigenvalue weighted by molar-refractivity contribution is -0.160. The predicted octanol–water partition coefficient (Wildman–Crippen LogP) is 5.30. The molecular formula is C27H17F4N3O4. The Hall–Kier alpha value is -4.67. The van der Waals surface area contributed by atoms with Crippen molar-refractivity contribution in [2.24, 2.45) is 4.99 Å². The quantitative estimate of drug-likeness (QED) is 0.360. The SMILES string of the molecule is O=C1C2=C(C(c3cccc4[nH]c(=O)oc34)=NC2)C(c2cc(Oc3ccccc3)ccc2F)N1CC(F)(F)F. The molecule has 0 spiro atoms. The fraction of sp³-hybridized carbons (Fsp3) is 0.148. The van der Waals surface area contributed by atoms with Gasteiger partial charge in [-0.2, -0.15) is 13.2 Å². The van der Waals surface area contributed by atoms with Crippen molar-refractivity contribution in [1.82, 2.24) is 9.88 Å². The minimum absolute atomic E-state index is 0.0258. The number of carbonyl (C=O) groups excluding carboxylic acids is 1. The van der Waals surface area contributed by atoms with Gasteiger partial charge in [-0.05, 0) is 42.5 Å². The number of H-pyrrole nitrogens is 1. The minimum Gasteiger partial charge on any atom is -0.457 e. The number of oxazole rings is 1. The number of benzene rings is 3. The van der Waals surface area contributed by atoms with Crippen molar-refractivity contribution in [1.29, 1.82) is 0 Å². The third kappa shape index (κ3) is 4.05. The summed E-state index contributed by atoms with van der Waals surface area (Å²) in [6.45, 7) is -1.79. The summed E-state index contributed by atoms with van der Waals surface area (Å²) in [6, 6.07) is 15.6. The van der Waals surface area contributed by atoms with Gasteiger partial charge in [0.05, 0.1) is 23.8 Å². The van der Waals surface area contributed by atoms with Crippen molar-refractivity contribution in [2.75, 3.05) is 13.1 Å². The fourth-order valence-corrected chi connectivity index (χ4v) is 4.88.